The fraction of sp³-hybridized carbons (Fsp3) is 0.148. The molecule has 3 aromatic carbocycles. The average molecular weight is 946 g/mol. The average Bonchev–Trinajstić information content (AvgIpc) is 3.28. The van der Waals surface area contributed by atoms with Gasteiger partial charge in [0.25, 0.3) is 0 Å². The van der Waals surface area contributed by atoms with Gasteiger partial charge in [-0.05, 0) is 61.0 Å². The number of hydrogen-bond acceptors (Lipinski definition) is 4. The molecule has 1 aliphatic rings. The monoisotopic (exact) mass is 948 g/mol. The number of para-hydroxylation sites is 1. The molecule has 0 amide bonds. The Bertz CT molecular complexity index is 1440. The number of rotatable bonds is 8. The van der Waals surface area contributed by atoms with E-state index in [9.17, 15) is 23.0 Å². The summed E-state index contributed by atoms with van der Waals surface area (Å²) in [6, 6.07) is 16.8. The van der Waals surface area contributed by atoms with E-state index in [4.69, 9.17) is 11.6 Å². The second-order valence-corrected chi connectivity index (χ2v) is 9.76. The standard InChI is InChI=1S/C27H21ClF4N6OS.2Hf/c1-17-15-40-26(38(17)24-20(13-29)3-2-4-23(24)28)37-36-14-18-5-7-19(8-6-18)25(33)35-16-34-21-9-11-22(12-10-21)39-27(30,31)32;;/h2-14,16-17H,15H2,1H3,(H-,33,34,35);;/q-2;;/b36-14+,37-26-;;. The van der Waals surface area contributed by atoms with Crippen LogP contribution in [0.5, 0.6) is 5.75 Å². The molecule has 1 saturated heterocycles. The summed E-state index contributed by atoms with van der Waals surface area (Å²) in [4.78, 5) is 5.77. The van der Waals surface area contributed by atoms with E-state index in [-0.39, 0.29) is 69.3 Å². The molecule has 0 bridgehead atoms. The molecular weight excluding hydrogens is 925 g/mol. The maximum Gasteiger partial charge on any atom is 0.573 e. The molecule has 0 radical (unpaired) electrons. The SMILES string of the molecule is CC1CS/C(=N\N=C\c2ccc(C(=[N-])N=CNc3ccc(OC(F)(F)F)cc3)cc2)N1c1c(Cl)cccc1[CH-]F.[Hf].[Hf]. The summed E-state index contributed by atoms with van der Waals surface area (Å²) >= 11 is 7.86. The van der Waals surface area contributed by atoms with Crippen LogP contribution < -0.4 is 15.0 Å². The molecule has 0 aliphatic carbocycles. The zero-order valence-electron chi connectivity index (χ0n) is 21.8. The molecule has 1 unspecified atom stereocenters. The third-order valence-electron chi connectivity index (χ3n) is 5.50. The number of halogens is 5. The van der Waals surface area contributed by atoms with Crippen LogP contribution in [-0.4, -0.2) is 41.7 Å². The number of aliphatic imine (C=N–C) groups is 1. The first kappa shape index (κ1) is 35.9. The topological polar surface area (TPSA) is 83.9 Å². The van der Waals surface area contributed by atoms with E-state index in [0.29, 0.717) is 44.9 Å². The van der Waals surface area contributed by atoms with E-state index >= 15 is 0 Å². The van der Waals surface area contributed by atoms with Crippen molar-refractivity contribution in [3.05, 3.63) is 101 Å². The number of benzene rings is 3. The Morgan fingerprint density at radius 1 is 1.12 bits per heavy atom. The Labute approximate surface area is 286 Å². The molecule has 7 nitrogen and oxygen atoms in total. The number of nitrogens with one attached hydrogen (secondary N) is 1. The van der Waals surface area contributed by atoms with Gasteiger partial charge in [-0.3, -0.25) is 4.39 Å². The Kier molecular flexibility index (Phi) is 14.1. The second kappa shape index (κ2) is 16.5. The van der Waals surface area contributed by atoms with Gasteiger partial charge in [-0.25, -0.2) is 0 Å². The van der Waals surface area contributed by atoms with Gasteiger partial charge >= 0.3 is 6.36 Å². The Morgan fingerprint density at radius 3 is 2.45 bits per heavy atom. The normalized spacial score (nSPS) is 15.9. The van der Waals surface area contributed by atoms with Gasteiger partial charge in [0, 0.05) is 74.2 Å². The molecule has 1 aliphatic heterocycles. The van der Waals surface area contributed by atoms with E-state index in [1.165, 1.54) is 30.2 Å². The minimum absolute atomic E-state index is 0. The molecule has 42 heavy (non-hydrogen) atoms. The van der Waals surface area contributed by atoms with Crippen LogP contribution in [-0.2, 0) is 51.7 Å². The van der Waals surface area contributed by atoms with E-state index in [1.807, 2.05) is 11.8 Å². The number of hydrogen-bond donors (Lipinski definition) is 1. The predicted molar refractivity (Wildman–Crippen MR) is 155 cm³/mol. The first-order valence-corrected chi connectivity index (χ1v) is 13.1. The van der Waals surface area contributed by atoms with Crippen molar-refractivity contribution in [2.45, 2.75) is 19.3 Å². The van der Waals surface area contributed by atoms with E-state index in [2.05, 4.69) is 25.2 Å². The van der Waals surface area contributed by atoms with Crippen molar-refractivity contribution in [3.8, 4) is 5.75 Å². The number of amidine groups is 2. The molecule has 3 aromatic rings. The van der Waals surface area contributed by atoms with Gasteiger partial charge in [0.2, 0.25) is 0 Å². The zero-order chi connectivity index (χ0) is 28.7. The number of thioether (sulfide) groups is 1. The predicted octanol–water partition coefficient (Wildman–Crippen LogP) is 7.50. The van der Waals surface area contributed by atoms with Crippen molar-refractivity contribution >= 4 is 58.3 Å². The van der Waals surface area contributed by atoms with Crippen LogP contribution in [0.4, 0.5) is 28.9 Å². The maximum atomic E-state index is 13.5. The van der Waals surface area contributed by atoms with Gasteiger partial charge in [-0.15, -0.1) is 29.9 Å². The molecule has 1 N–H and O–H groups in total. The molecule has 1 atom stereocenters. The number of alkyl halides is 3. The zero-order valence-corrected chi connectivity index (χ0v) is 30.6. The van der Waals surface area contributed by atoms with Crippen molar-refractivity contribution in [2.75, 3.05) is 16.0 Å². The quantitative estimate of drug-likeness (QED) is 0.0634. The van der Waals surface area contributed by atoms with Gasteiger partial charge in [0.15, 0.2) is 5.17 Å². The maximum absolute atomic E-state index is 13.5. The van der Waals surface area contributed by atoms with E-state index in [1.54, 1.807) is 48.7 Å². The van der Waals surface area contributed by atoms with Crippen molar-refractivity contribution in [1.82, 2.24) is 0 Å². The van der Waals surface area contributed by atoms with Crippen molar-refractivity contribution in [2.24, 2.45) is 15.2 Å². The van der Waals surface area contributed by atoms with Gasteiger partial charge in [0.05, 0.1) is 6.21 Å². The summed E-state index contributed by atoms with van der Waals surface area (Å²) in [5, 5.41) is 22.5. The molecule has 0 saturated carbocycles. The number of nitrogens with zero attached hydrogens (tertiary/aromatic N) is 5. The van der Waals surface area contributed by atoms with Crippen LogP contribution in [0.25, 0.3) is 5.41 Å². The van der Waals surface area contributed by atoms with Crippen LogP contribution >= 0.6 is 23.4 Å². The first-order chi connectivity index (χ1) is 19.1. The molecular formula is C27H21ClF4Hf2N6OS-2. The van der Waals surface area contributed by atoms with Crippen LogP contribution in [0.3, 0.4) is 0 Å². The molecule has 0 aromatic heterocycles. The third kappa shape index (κ3) is 9.88. The summed E-state index contributed by atoms with van der Waals surface area (Å²) in [5.74, 6) is 0.112. The Balaban J connectivity index is 0.00000308. The van der Waals surface area contributed by atoms with Crippen LogP contribution in [0.15, 0.2) is 81.9 Å². The van der Waals surface area contributed by atoms with E-state index in [0.717, 1.165) is 17.9 Å². The van der Waals surface area contributed by atoms with Crippen molar-refractivity contribution < 1.29 is 74.0 Å². The first-order valence-electron chi connectivity index (χ1n) is 11.7. The van der Waals surface area contributed by atoms with Crippen molar-refractivity contribution in [1.29, 1.82) is 0 Å². The smallest absolute Gasteiger partial charge is 0.464 e. The molecule has 1 heterocycles. The van der Waals surface area contributed by atoms with Gasteiger partial charge < -0.3 is 25.4 Å². The number of anilines is 2. The summed E-state index contributed by atoms with van der Waals surface area (Å²) in [5.41, 5.74) is 2.48. The molecule has 15 heteroatoms. The summed E-state index contributed by atoms with van der Waals surface area (Å²) in [7, 11) is 0. The molecule has 1 fully saturated rings. The van der Waals surface area contributed by atoms with Crippen molar-refractivity contribution in [3.63, 3.8) is 0 Å². The minimum Gasteiger partial charge on any atom is -0.464 e. The van der Waals surface area contributed by atoms with E-state index < -0.39 is 6.36 Å². The van der Waals surface area contributed by atoms with Gasteiger partial charge in [0.1, 0.15) is 5.75 Å². The minimum atomic E-state index is -4.77. The van der Waals surface area contributed by atoms with Gasteiger partial charge in [-0.1, -0.05) is 59.5 Å². The second-order valence-electron chi connectivity index (χ2n) is 8.36. The fourth-order valence-corrected chi connectivity index (χ4v) is 4.98. The van der Waals surface area contributed by atoms with Gasteiger partial charge in [-0.2, -0.15) is 11.2 Å². The molecule has 4 rings (SSSR count). The van der Waals surface area contributed by atoms with Crippen LogP contribution in [0, 0.1) is 6.67 Å². The number of ether oxygens (including phenoxy) is 1. The third-order valence-corrected chi connectivity index (χ3v) is 6.99. The summed E-state index contributed by atoms with van der Waals surface area (Å²) in [6.07, 6.45) is -2.02. The van der Waals surface area contributed by atoms with Crippen LogP contribution in [0.2, 0.25) is 5.02 Å². The fourth-order valence-electron chi connectivity index (χ4n) is 3.65. The molecule has 216 valence electrons. The Morgan fingerprint density at radius 2 is 1.81 bits per heavy atom. The van der Waals surface area contributed by atoms with Crippen LogP contribution in [0.1, 0.15) is 23.6 Å². The molecule has 0 spiro atoms. The summed E-state index contributed by atoms with van der Waals surface area (Å²) in [6.45, 7) is 2.51. The largest absolute Gasteiger partial charge is 0.573 e. The summed E-state index contributed by atoms with van der Waals surface area (Å²) < 4.78 is 54.0. The Hall–Kier alpha value is -2.29.